The third-order valence-corrected chi connectivity index (χ3v) is 4.86. The van der Waals surface area contributed by atoms with Gasteiger partial charge < -0.3 is 9.30 Å². The first-order valence-electron chi connectivity index (χ1n) is 8.50. The number of hydrogen-bond acceptors (Lipinski definition) is 3. The summed E-state index contributed by atoms with van der Waals surface area (Å²) in [6, 6.07) is 14.0. The summed E-state index contributed by atoms with van der Waals surface area (Å²) in [6.07, 6.45) is 0.995. The topological polar surface area (TPSA) is 44.1 Å². The van der Waals surface area contributed by atoms with Crippen molar-refractivity contribution in [1.82, 2.24) is 9.55 Å². The predicted octanol–water partition coefficient (Wildman–Crippen LogP) is 5.61. The molecule has 5 heteroatoms. The molecule has 0 spiro atoms. The van der Waals surface area contributed by atoms with Crippen molar-refractivity contribution in [2.75, 3.05) is 6.61 Å². The summed E-state index contributed by atoms with van der Waals surface area (Å²) in [5, 5.41) is 0. The lowest BCUT2D eigenvalue weighted by atomic mass is 10.1. The highest BCUT2D eigenvalue weighted by atomic mass is 79.9. The molecule has 0 radical (unpaired) electrons. The standard InChI is InChI=1S/C20H21BrN2O2/c1-4-13(3)23-18-11-8-15(20(24)25-5-2)12-17(18)22-19(23)14-6-9-16(21)10-7-14/h6-13H,4-5H2,1-3H3. The zero-order valence-corrected chi connectivity index (χ0v) is 16.2. The van der Waals surface area contributed by atoms with Gasteiger partial charge in [-0.1, -0.05) is 35.0 Å². The number of imidazole rings is 1. The van der Waals surface area contributed by atoms with E-state index in [1.54, 1.807) is 6.92 Å². The molecule has 0 bridgehead atoms. The first kappa shape index (κ1) is 17.7. The Morgan fingerprint density at radius 3 is 2.56 bits per heavy atom. The Morgan fingerprint density at radius 2 is 1.92 bits per heavy atom. The number of rotatable bonds is 5. The highest BCUT2D eigenvalue weighted by Crippen LogP contribution is 2.31. The zero-order chi connectivity index (χ0) is 18.0. The molecule has 4 nitrogen and oxygen atoms in total. The molecular formula is C20H21BrN2O2. The Morgan fingerprint density at radius 1 is 1.20 bits per heavy atom. The van der Waals surface area contributed by atoms with Crippen LogP contribution in [0, 0.1) is 0 Å². The minimum Gasteiger partial charge on any atom is -0.462 e. The van der Waals surface area contributed by atoms with E-state index in [1.165, 1.54) is 0 Å². The van der Waals surface area contributed by atoms with E-state index in [4.69, 9.17) is 9.72 Å². The maximum absolute atomic E-state index is 12.0. The Labute approximate surface area is 156 Å². The second-order valence-corrected chi connectivity index (χ2v) is 6.91. The van der Waals surface area contributed by atoms with Crippen molar-refractivity contribution in [3.05, 3.63) is 52.5 Å². The average Bonchev–Trinajstić information content (AvgIpc) is 3.00. The number of ether oxygens (including phenoxy) is 1. The number of fused-ring (bicyclic) bond motifs is 1. The Kier molecular flexibility index (Phi) is 5.23. The molecule has 3 rings (SSSR count). The molecule has 3 aromatic rings. The van der Waals surface area contributed by atoms with E-state index in [2.05, 4.69) is 46.5 Å². The van der Waals surface area contributed by atoms with Gasteiger partial charge in [0.2, 0.25) is 0 Å². The van der Waals surface area contributed by atoms with Crippen molar-refractivity contribution < 1.29 is 9.53 Å². The third-order valence-electron chi connectivity index (χ3n) is 4.33. The van der Waals surface area contributed by atoms with Crippen LogP contribution in [0.1, 0.15) is 43.6 Å². The number of aromatic nitrogens is 2. The molecule has 130 valence electrons. The number of nitrogens with zero attached hydrogens (tertiary/aromatic N) is 2. The molecule has 0 aliphatic rings. The minimum absolute atomic E-state index is 0.303. The van der Waals surface area contributed by atoms with Crippen LogP contribution in [-0.4, -0.2) is 22.1 Å². The fraction of sp³-hybridized carbons (Fsp3) is 0.300. The van der Waals surface area contributed by atoms with Gasteiger partial charge in [0.05, 0.1) is 23.2 Å². The van der Waals surface area contributed by atoms with Crippen molar-refractivity contribution in [3.8, 4) is 11.4 Å². The Bertz CT molecular complexity index is 900. The van der Waals surface area contributed by atoms with Gasteiger partial charge in [-0.05, 0) is 50.6 Å². The lowest BCUT2D eigenvalue weighted by molar-refractivity contribution is 0.0526. The molecule has 0 aliphatic carbocycles. The Balaban J connectivity index is 2.17. The van der Waals surface area contributed by atoms with Gasteiger partial charge in [0.25, 0.3) is 0 Å². The lowest BCUT2D eigenvalue weighted by Crippen LogP contribution is -2.06. The van der Waals surface area contributed by atoms with E-state index in [0.29, 0.717) is 18.2 Å². The summed E-state index contributed by atoms with van der Waals surface area (Å²) in [4.78, 5) is 16.8. The number of carbonyl (C=O) groups excluding carboxylic acids is 1. The molecular weight excluding hydrogens is 380 g/mol. The second-order valence-electron chi connectivity index (χ2n) is 5.99. The van der Waals surface area contributed by atoms with Crippen LogP contribution in [0.5, 0.6) is 0 Å². The van der Waals surface area contributed by atoms with E-state index in [0.717, 1.165) is 33.3 Å². The van der Waals surface area contributed by atoms with Crippen LogP contribution in [0.25, 0.3) is 22.4 Å². The summed E-state index contributed by atoms with van der Waals surface area (Å²) >= 11 is 3.48. The SMILES string of the molecule is CCOC(=O)c1ccc2c(c1)nc(-c1ccc(Br)cc1)n2C(C)CC. The van der Waals surface area contributed by atoms with Gasteiger partial charge in [-0.2, -0.15) is 0 Å². The second kappa shape index (κ2) is 7.40. The number of benzene rings is 2. The van der Waals surface area contributed by atoms with Gasteiger partial charge in [-0.3, -0.25) is 0 Å². The normalized spacial score (nSPS) is 12.3. The fourth-order valence-electron chi connectivity index (χ4n) is 2.87. The van der Waals surface area contributed by atoms with Crippen LogP contribution in [0.3, 0.4) is 0 Å². The number of carbonyl (C=O) groups is 1. The van der Waals surface area contributed by atoms with Gasteiger partial charge in [0, 0.05) is 16.1 Å². The number of hydrogen-bond donors (Lipinski definition) is 0. The molecule has 0 fully saturated rings. The maximum Gasteiger partial charge on any atom is 0.338 e. The van der Waals surface area contributed by atoms with Crippen LogP contribution in [-0.2, 0) is 4.74 Å². The summed E-state index contributed by atoms with van der Waals surface area (Å²) in [5.41, 5.74) is 3.42. The van der Waals surface area contributed by atoms with Gasteiger partial charge in [-0.25, -0.2) is 9.78 Å². The molecule has 0 N–H and O–H groups in total. The average molecular weight is 401 g/mol. The van der Waals surface area contributed by atoms with Crippen molar-refractivity contribution in [2.24, 2.45) is 0 Å². The minimum atomic E-state index is -0.312. The molecule has 0 saturated carbocycles. The summed E-state index contributed by atoms with van der Waals surface area (Å²) in [7, 11) is 0. The maximum atomic E-state index is 12.0. The monoisotopic (exact) mass is 400 g/mol. The van der Waals surface area contributed by atoms with Gasteiger partial charge in [-0.15, -0.1) is 0 Å². The van der Waals surface area contributed by atoms with Crippen molar-refractivity contribution in [3.63, 3.8) is 0 Å². The zero-order valence-electron chi connectivity index (χ0n) is 14.6. The van der Waals surface area contributed by atoms with Crippen LogP contribution in [0.2, 0.25) is 0 Å². The van der Waals surface area contributed by atoms with E-state index < -0.39 is 0 Å². The fourth-order valence-corrected chi connectivity index (χ4v) is 3.14. The van der Waals surface area contributed by atoms with E-state index in [-0.39, 0.29) is 5.97 Å². The number of halogens is 1. The van der Waals surface area contributed by atoms with Gasteiger partial charge >= 0.3 is 5.97 Å². The Hall–Kier alpha value is -2.14. The highest BCUT2D eigenvalue weighted by molar-refractivity contribution is 9.10. The molecule has 1 heterocycles. The molecule has 25 heavy (non-hydrogen) atoms. The van der Waals surface area contributed by atoms with Gasteiger partial charge in [0.15, 0.2) is 0 Å². The molecule has 1 atom stereocenters. The molecule has 1 aromatic heterocycles. The largest absolute Gasteiger partial charge is 0.462 e. The molecule has 1 unspecified atom stereocenters. The van der Waals surface area contributed by atoms with Crippen LogP contribution in [0.15, 0.2) is 46.9 Å². The van der Waals surface area contributed by atoms with E-state index >= 15 is 0 Å². The molecule has 0 aliphatic heterocycles. The van der Waals surface area contributed by atoms with E-state index in [9.17, 15) is 4.79 Å². The summed E-state index contributed by atoms with van der Waals surface area (Å²) in [5.74, 6) is 0.602. The third kappa shape index (κ3) is 3.47. The molecule has 0 saturated heterocycles. The summed E-state index contributed by atoms with van der Waals surface area (Å²) in [6.45, 7) is 6.51. The number of esters is 1. The van der Waals surface area contributed by atoms with Crippen LogP contribution >= 0.6 is 15.9 Å². The molecule has 2 aromatic carbocycles. The van der Waals surface area contributed by atoms with Crippen LogP contribution in [0.4, 0.5) is 0 Å². The van der Waals surface area contributed by atoms with Gasteiger partial charge in [0.1, 0.15) is 5.82 Å². The van der Waals surface area contributed by atoms with E-state index in [1.807, 2.05) is 30.3 Å². The van der Waals surface area contributed by atoms with Crippen molar-refractivity contribution in [2.45, 2.75) is 33.2 Å². The smallest absolute Gasteiger partial charge is 0.338 e. The summed E-state index contributed by atoms with van der Waals surface area (Å²) < 4.78 is 8.38. The first-order chi connectivity index (χ1) is 12.0. The predicted molar refractivity (Wildman–Crippen MR) is 104 cm³/mol. The van der Waals surface area contributed by atoms with Crippen molar-refractivity contribution in [1.29, 1.82) is 0 Å². The van der Waals surface area contributed by atoms with Crippen LogP contribution < -0.4 is 0 Å². The molecule has 0 amide bonds. The first-order valence-corrected chi connectivity index (χ1v) is 9.29. The quantitative estimate of drug-likeness (QED) is 0.522. The highest BCUT2D eigenvalue weighted by Gasteiger charge is 2.18. The lowest BCUT2D eigenvalue weighted by Gasteiger charge is -2.16. The van der Waals surface area contributed by atoms with Crippen molar-refractivity contribution >= 4 is 32.9 Å².